The molecule has 0 aliphatic carbocycles. The van der Waals surface area contributed by atoms with E-state index in [9.17, 15) is 4.79 Å². The number of aromatic nitrogens is 4. The van der Waals surface area contributed by atoms with Crippen molar-refractivity contribution in [3.05, 3.63) is 42.4 Å². The summed E-state index contributed by atoms with van der Waals surface area (Å²) in [6, 6.07) is 9.76. The van der Waals surface area contributed by atoms with Crippen molar-refractivity contribution in [1.82, 2.24) is 25.7 Å². The van der Waals surface area contributed by atoms with Crippen molar-refractivity contribution in [3.8, 4) is 22.7 Å². The number of carbonyl (C=O) groups is 1. The lowest BCUT2D eigenvalue weighted by Gasteiger charge is -2.19. The summed E-state index contributed by atoms with van der Waals surface area (Å²) >= 11 is 0. The Hall–Kier alpha value is -3.16. The third-order valence-electron chi connectivity index (χ3n) is 3.20. The van der Waals surface area contributed by atoms with Crippen molar-refractivity contribution in [1.29, 1.82) is 0 Å². The normalized spacial score (nSPS) is 11.3. The van der Waals surface area contributed by atoms with Gasteiger partial charge in [0.05, 0.1) is 12.7 Å². The van der Waals surface area contributed by atoms with Gasteiger partial charge in [-0.3, -0.25) is 5.10 Å². The van der Waals surface area contributed by atoms with Crippen LogP contribution >= 0.6 is 0 Å². The van der Waals surface area contributed by atoms with Crippen LogP contribution in [0.5, 0.6) is 0 Å². The number of amides is 1. The summed E-state index contributed by atoms with van der Waals surface area (Å²) < 4.78 is 10.4. The molecule has 2 N–H and O–H groups in total. The summed E-state index contributed by atoms with van der Waals surface area (Å²) in [4.78, 5) is 16.0. The molecule has 3 rings (SSSR count). The molecule has 0 saturated heterocycles. The van der Waals surface area contributed by atoms with Gasteiger partial charge in [-0.2, -0.15) is 10.1 Å². The van der Waals surface area contributed by atoms with Gasteiger partial charge in [-0.15, -0.1) is 0 Å². The van der Waals surface area contributed by atoms with Gasteiger partial charge in [0.1, 0.15) is 11.3 Å². The number of ether oxygens (including phenoxy) is 1. The molecule has 2 aromatic heterocycles. The van der Waals surface area contributed by atoms with Gasteiger partial charge in [-0.05, 0) is 26.3 Å². The SMILES string of the molecule is CC(C)(C)OC(=O)NCc1noc(-c2[nH]ncc2-c2ccccc2)n1. The predicted octanol–water partition coefficient (Wildman–Crippen LogP) is 3.15. The summed E-state index contributed by atoms with van der Waals surface area (Å²) in [5.41, 5.74) is 1.91. The van der Waals surface area contributed by atoms with Crippen LogP contribution in [0.2, 0.25) is 0 Å². The zero-order valence-corrected chi connectivity index (χ0v) is 14.2. The lowest BCUT2D eigenvalue weighted by molar-refractivity contribution is 0.0522. The molecule has 8 heteroatoms. The Kier molecular flexibility index (Phi) is 4.51. The van der Waals surface area contributed by atoms with Crippen molar-refractivity contribution in [2.75, 3.05) is 0 Å². The summed E-state index contributed by atoms with van der Waals surface area (Å²) in [5, 5.41) is 13.4. The third-order valence-corrected chi connectivity index (χ3v) is 3.20. The second-order valence-electron chi connectivity index (χ2n) is 6.40. The first-order chi connectivity index (χ1) is 11.9. The number of rotatable bonds is 4. The van der Waals surface area contributed by atoms with Crippen molar-refractivity contribution in [2.45, 2.75) is 32.9 Å². The Morgan fingerprint density at radius 3 is 2.76 bits per heavy atom. The molecule has 0 fully saturated rings. The first-order valence-electron chi connectivity index (χ1n) is 7.81. The Balaban J connectivity index is 1.71. The standard InChI is InChI=1S/C17H19N5O3/c1-17(2,3)24-16(23)18-10-13-20-15(25-22-13)14-12(9-19-21-14)11-7-5-4-6-8-11/h4-9H,10H2,1-3H3,(H,18,23)(H,19,21). The van der Waals surface area contributed by atoms with Crippen LogP contribution in [-0.2, 0) is 11.3 Å². The molecule has 0 unspecified atom stereocenters. The third kappa shape index (κ3) is 4.23. The maximum Gasteiger partial charge on any atom is 0.408 e. The zero-order chi connectivity index (χ0) is 17.9. The van der Waals surface area contributed by atoms with Crippen LogP contribution in [0.25, 0.3) is 22.7 Å². The van der Waals surface area contributed by atoms with Crippen LogP contribution in [0.4, 0.5) is 4.79 Å². The van der Waals surface area contributed by atoms with E-state index in [2.05, 4.69) is 25.7 Å². The van der Waals surface area contributed by atoms with Crippen molar-refractivity contribution in [3.63, 3.8) is 0 Å². The van der Waals surface area contributed by atoms with Gasteiger partial charge in [-0.25, -0.2) is 4.79 Å². The number of hydrogen-bond acceptors (Lipinski definition) is 6. The van der Waals surface area contributed by atoms with E-state index in [1.54, 1.807) is 27.0 Å². The van der Waals surface area contributed by atoms with Crippen LogP contribution in [0.15, 0.2) is 41.1 Å². The molecular formula is C17H19N5O3. The second-order valence-corrected chi connectivity index (χ2v) is 6.40. The fourth-order valence-corrected chi connectivity index (χ4v) is 2.18. The Morgan fingerprint density at radius 2 is 2.04 bits per heavy atom. The van der Waals surface area contributed by atoms with Crippen LogP contribution in [0, 0.1) is 0 Å². The molecule has 0 aliphatic heterocycles. The average molecular weight is 341 g/mol. The molecule has 0 radical (unpaired) electrons. The van der Waals surface area contributed by atoms with Crippen molar-refractivity contribution in [2.24, 2.45) is 0 Å². The quantitative estimate of drug-likeness (QED) is 0.755. The Morgan fingerprint density at radius 1 is 1.28 bits per heavy atom. The molecule has 25 heavy (non-hydrogen) atoms. The number of alkyl carbamates (subject to hydrolysis) is 1. The highest BCUT2D eigenvalue weighted by molar-refractivity contribution is 5.76. The fourth-order valence-electron chi connectivity index (χ4n) is 2.18. The molecule has 1 aromatic carbocycles. The molecule has 2 heterocycles. The van der Waals surface area contributed by atoms with Gasteiger partial charge in [0.2, 0.25) is 0 Å². The minimum atomic E-state index is -0.562. The number of nitrogens with zero attached hydrogens (tertiary/aromatic N) is 3. The van der Waals surface area contributed by atoms with Gasteiger partial charge in [-0.1, -0.05) is 35.5 Å². The molecule has 130 valence electrons. The van der Waals surface area contributed by atoms with Crippen molar-refractivity contribution >= 4 is 6.09 Å². The largest absolute Gasteiger partial charge is 0.444 e. The second kappa shape index (κ2) is 6.76. The molecule has 0 bridgehead atoms. The molecule has 0 atom stereocenters. The van der Waals surface area contributed by atoms with E-state index in [1.807, 2.05) is 30.3 Å². The van der Waals surface area contributed by atoms with E-state index >= 15 is 0 Å². The lowest BCUT2D eigenvalue weighted by Crippen LogP contribution is -2.32. The molecule has 0 aliphatic rings. The first-order valence-corrected chi connectivity index (χ1v) is 7.81. The molecule has 1 amide bonds. The van der Waals surface area contributed by atoms with Gasteiger partial charge >= 0.3 is 6.09 Å². The van der Waals surface area contributed by atoms with Gasteiger partial charge in [0, 0.05) is 5.56 Å². The van der Waals surface area contributed by atoms with Gasteiger partial charge < -0.3 is 14.6 Å². The summed E-state index contributed by atoms with van der Waals surface area (Å²) in [6.45, 7) is 5.49. The van der Waals surface area contributed by atoms with E-state index in [0.717, 1.165) is 11.1 Å². The number of carbonyl (C=O) groups excluding carboxylic acids is 1. The highest BCUT2D eigenvalue weighted by atomic mass is 16.6. The van der Waals surface area contributed by atoms with E-state index < -0.39 is 11.7 Å². The fraction of sp³-hybridized carbons (Fsp3) is 0.294. The predicted molar refractivity (Wildman–Crippen MR) is 90.4 cm³/mol. The zero-order valence-electron chi connectivity index (χ0n) is 14.2. The monoisotopic (exact) mass is 341 g/mol. The highest BCUT2D eigenvalue weighted by Gasteiger charge is 2.18. The van der Waals surface area contributed by atoms with E-state index in [1.165, 1.54) is 0 Å². The van der Waals surface area contributed by atoms with Crippen LogP contribution < -0.4 is 5.32 Å². The summed E-state index contributed by atoms with van der Waals surface area (Å²) in [7, 11) is 0. The van der Waals surface area contributed by atoms with Crippen molar-refractivity contribution < 1.29 is 14.1 Å². The summed E-state index contributed by atoms with van der Waals surface area (Å²) in [5.74, 6) is 0.645. The molecule has 0 saturated carbocycles. The van der Waals surface area contributed by atoms with Crippen LogP contribution in [0.1, 0.15) is 26.6 Å². The summed E-state index contributed by atoms with van der Waals surface area (Å²) in [6.07, 6.45) is 1.17. The molecule has 3 aromatic rings. The number of H-pyrrole nitrogens is 1. The van der Waals surface area contributed by atoms with E-state index in [4.69, 9.17) is 9.26 Å². The molecule has 8 nitrogen and oxygen atoms in total. The number of benzene rings is 1. The molecule has 0 spiro atoms. The maximum absolute atomic E-state index is 11.7. The van der Waals surface area contributed by atoms with Crippen LogP contribution in [-0.4, -0.2) is 32.0 Å². The number of nitrogens with one attached hydrogen (secondary N) is 2. The minimum Gasteiger partial charge on any atom is -0.444 e. The number of aromatic amines is 1. The van der Waals surface area contributed by atoms with E-state index in [-0.39, 0.29) is 6.54 Å². The minimum absolute atomic E-state index is 0.104. The number of hydrogen-bond donors (Lipinski definition) is 2. The maximum atomic E-state index is 11.7. The average Bonchev–Trinajstić information content (AvgIpc) is 3.21. The molecular weight excluding hydrogens is 322 g/mol. The van der Waals surface area contributed by atoms with E-state index in [0.29, 0.717) is 17.4 Å². The smallest absolute Gasteiger partial charge is 0.408 e. The Labute approximate surface area is 144 Å². The topological polar surface area (TPSA) is 106 Å². The highest BCUT2D eigenvalue weighted by Crippen LogP contribution is 2.28. The Bertz CT molecular complexity index is 849. The van der Waals surface area contributed by atoms with Crippen LogP contribution in [0.3, 0.4) is 0 Å². The van der Waals surface area contributed by atoms with Gasteiger partial charge in [0.15, 0.2) is 5.82 Å². The lowest BCUT2D eigenvalue weighted by atomic mass is 10.1. The first kappa shape index (κ1) is 16.7. The van der Waals surface area contributed by atoms with Gasteiger partial charge in [0.25, 0.3) is 5.89 Å².